The number of benzene rings is 1. The molecule has 100 valence electrons. The molecule has 7 heteroatoms. The third-order valence-corrected chi connectivity index (χ3v) is 2.93. The number of hydrogen-bond acceptors (Lipinski definition) is 3. The van der Waals surface area contributed by atoms with Crippen molar-refractivity contribution in [1.82, 2.24) is 10.7 Å². The SMILES string of the molecule is NC(=O)NN=C1CCC(NC(N)=O)c2ccccc21. The standard InChI is InChI=1S/C12H15N5O2/c13-11(18)15-9-5-6-10(16-17-12(14)19)8-4-2-1-3-7(8)9/h1-4,9H,5-6H2,(H3,13,15,18)(H3,14,17,19). The fourth-order valence-corrected chi connectivity index (χ4v) is 2.20. The van der Waals surface area contributed by atoms with Crippen molar-refractivity contribution in [3.8, 4) is 0 Å². The summed E-state index contributed by atoms with van der Waals surface area (Å²) in [4.78, 5) is 21.7. The first-order valence-corrected chi connectivity index (χ1v) is 5.85. The van der Waals surface area contributed by atoms with E-state index in [2.05, 4.69) is 15.8 Å². The Morgan fingerprint density at radius 1 is 1.21 bits per heavy atom. The van der Waals surface area contributed by atoms with Gasteiger partial charge in [0.05, 0.1) is 11.8 Å². The minimum absolute atomic E-state index is 0.138. The van der Waals surface area contributed by atoms with E-state index in [1.165, 1.54) is 0 Å². The van der Waals surface area contributed by atoms with E-state index < -0.39 is 12.1 Å². The monoisotopic (exact) mass is 261 g/mol. The zero-order chi connectivity index (χ0) is 13.8. The summed E-state index contributed by atoms with van der Waals surface area (Å²) in [5.41, 5.74) is 14.9. The van der Waals surface area contributed by atoms with Crippen LogP contribution in [0.25, 0.3) is 0 Å². The first-order valence-electron chi connectivity index (χ1n) is 5.85. The van der Waals surface area contributed by atoms with E-state index >= 15 is 0 Å². The van der Waals surface area contributed by atoms with Crippen LogP contribution < -0.4 is 22.2 Å². The van der Waals surface area contributed by atoms with Crippen molar-refractivity contribution in [2.45, 2.75) is 18.9 Å². The van der Waals surface area contributed by atoms with Gasteiger partial charge in [-0.2, -0.15) is 5.10 Å². The van der Waals surface area contributed by atoms with Gasteiger partial charge in [-0.3, -0.25) is 0 Å². The summed E-state index contributed by atoms with van der Waals surface area (Å²) in [6.07, 6.45) is 1.28. The second-order valence-corrected chi connectivity index (χ2v) is 4.22. The van der Waals surface area contributed by atoms with Crippen LogP contribution in [0.5, 0.6) is 0 Å². The van der Waals surface area contributed by atoms with Crippen LogP contribution >= 0.6 is 0 Å². The molecule has 1 aliphatic carbocycles. The lowest BCUT2D eigenvalue weighted by Gasteiger charge is -2.26. The number of carbonyl (C=O) groups excluding carboxylic acids is 2. The van der Waals surface area contributed by atoms with Crippen LogP contribution in [0.4, 0.5) is 9.59 Å². The van der Waals surface area contributed by atoms with Crippen LogP contribution in [0.15, 0.2) is 29.4 Å². The van der Waals surface area contributed by atoms with Gasteiger partial charge in [-0.05, 0) is 18.4 Å². The van der Waals surface area contributed by atoms with E-state index in [0.29, 0.717) is 12.8 Å². The average molecular weight is 261 g/mol. The summed E-state index contributed by atoms with van der Waals surface area (Å²) >= 11 is 0. The summed E-state index contributed by atoms with van der Waals surface area (Å²) in [6.45, 7) is 0. The molecule has 1 aliphatic rings. The molecular formula is C12H15N5O2. The maximum Gasteiger partial charge on any atom is 0.332 e. The molecule has 0 saturated heterocycles. The molecule has 0 radical (unpaired) electrons. The molecule has 1 unspecified atom stereocenters. The van der Waals surface area contributed by atoms with Crippen LogP contribution in [0.1, 0.15) is 30.0 Å². The van der Waals surface area contributed by atoms with Crippen molar-refractivity contribution >= 4 is 17.8 Å². The largest absolute Gasteiger partial charge is 0.352 e. The Kier molecular flexibility index (Phi) is 3.65. The van der Waals surface area contributed by atoms with E-state index in [1.807, 2.05) is 24.3 Å². The molecule has 0 bridgehead atoms. The molecule has 19 heavy (non-hydrogen) atoms. The molecule has 6 N–H and O–H groups in total. The molecular weight excluding hydrogens is 246 g/mol. The van der Waals surface area contributed by atoms with Gasteiger partial charge in [0.2, 0.25) is 0 Å². The highest BCUT2D eigenvalue weighted by Gasteiger charge is 2.24. The normalized spacial score (nSPS) is 19.6. The molecule has 0 heterocycles. The topological polar surface area (TPSA) is 123 Å². The second kappa shape index (κ2) is 5.38. The Bertz CT molecular complexity index is 541. The van der Waals surface area contributed by atoms with Crippen molar-refractivity contribution in [2.24, 2.45) is 16.6 Å². The molecule has 2 rings (SSSR count). The first kappa shape index (κ1) is 12.9. The molecule has 1 aromatic rings. The third kappa shape index (κ3) is 3.01. The quantitative estimate of drug-likeness (QED) is 0.581. The zero-order valence-electron chi connectivity index (χ0n) is 10.2. The second-order valence-electron chi connectivity index (χ2n) is 4.22. The van der Waals surface area contributed by atoms with Crippen molar-refractivity contribution in [3.05, 3.63) is 35.4 Å². The summed E-state index contributed by atoms with van der Waals surface area (Å²) in [7, 11) is 0. The maximum atomic E-state index is 11.0. The lowest BCUT2D eigenvalue weighted by molar-refractivity contribution is 0.244. The van der Waals surface area contributed by atoms with E-state index in [-0.39, 0.29) is 6.04 Å². The van der Waals surface area contributed by atoms with Crippen molar-refractivity contribution in [1.29, 1.82) is 0 Å². The Labute approximate surface area is 110 Å². The maximum absolute atomic E-state index is 11.0. The number of rotatable bonds is 2. The Morgan fingerprint density at radius 2 is 1.95 bits per heavy atom. The van der Waals surface area contributed by atoms with Crippen LogP contribution in [0.3, 0.4) is 0 Å². The van der Waals surface area contributed by atoms with Gasteiger partial charge < -0.3 is 16.8 Å². The van der Waals surface area contributed by atoms with Crippen LogP contribution in [-0.2, 0) is 0 Å². The molecule has 4 amide bonds. The van der Waals surface area contributed by atoms with Gasteiger partial charge in [-0.25, -0.2) is 15.0 Å². The number of carbonyl (C=O) groups is 2. The number of nitrogens with zero attached hydrogens (tertiary/aromatic N) is 1. The lowest BCUT2D eigenvalue weighted by Crippen LogP contribution is -2.36. The number of hydrogen-bond donors (Lipinski definition) is 4. The van der Waals surface area contributed by atoms with Gasteiger partial charge in [0, 0.05) is 5.56 Å². The summed E-state index contributed by atoms with van der Waals surface area (Å²) in [5, 5.41) is 6.68. The number of amides is 4. The first-order chi connectivity index (χ1) is 9.08. The van der Waals surface area contributed by atoms with Crippen LogP contribution in [0.2, 0.25) is 0 Å². The molecule has 0 fully saturated rings. The number of nitrogens with two attached hydrogens (primary N) is 2. The minimum atomic E-state index is -0.706. The van der Waals surface area contributed by atoms with Crippen molar-refractivity contribution in [3.63, 3.8) is 0 Å². The lowest BCUT2D eigenvalue weighted by atomic mass is 9.86. The van der Waals surface area contributed by atoms with Crippen LogP contribution in [-0.4, -0.2) is 17.8 Å². The number of hydrazone groups is 1. The van der Waals surface area contributed by atoms with Gasteiger partial charge in [-0.15, -0.1) is 0 Å². The number of fused-ring (bicyclic) bond motifs is 1. The zero-order valence-corrected chi connectivity index (χ0v) is 10.2. The van der Waals surface area contributed by atoms with Gasteiger partial charge in [0.25, 0.3) is 0 Å². The van der Waals surface area contributed by atoms with Gasteiger partial charge in [0.1, 0.15) is 0 Å². The van der Waals surface area contributed by atoms with E-state index in [1.54, 1.807) is 0 Å². The Hall–Kier alpha value is -2.57. The number of primary amides is 2. The summed E-state index contributed by atoms with van der Waals surface area (Å²) < 4.78 is 0. The van der Waals surface area contributed by atoms with Crippen LogP contribution in [0, 0.1) is 0 Å². The average Bonchev–Trinajstić information content (AvgIpc) is 2.37. The van der Waals surface area contributed by atoms with E-state index in [0.717, 1.165) is 16.8 Å². The minimum Gasteiger partial charge on any atom is -0.352 e. The fraction of sp³-hybridized carbons (Fsp3) is 0.250. The molecule has 0 saturated carbocycles. The van der Waals surface area contributed by atoms with Crippen molar-refractivity contribution in [2.75, 3.05) is 0 Å². The molecule has 0 spiro atoms. The highest BCUT2D eigenvalue weighted by molar-refractivity contribution is 6.03. The highest BCUT2D eigenvalue weighted by atomic mass is 16.2. The van der Waals surface area contributed by atoms with E-state index in [9.17, 15) is 9.59 Å². The van der Waals surface area contributed by atoms with Gasteiger partial charge in [-0.1, -0.05) is 24.3 Å². The highest BCUT2D eigenvalue weighted by Crippen LogP contribution is 2.29. The predicted octanol–water partition coefficient (Wildman–Crippen LogP) is 0.562. The summed E-state index contributed by atoms with van der Waals surface area (Å²) in [6, 6.07) is 6.11. The Balaban J connectivity index is 2.31. The van der Waals surface area contributed by atoms with E-state index in [4.69, 9.17) is 11.5 Å². The van der Waals surface area contributed by atoms with Gasteiger partial charge in [0.15, 0.2) is 0 Å². The number of nitrogens with one attached hydrogen (secondary N) is 2. The Morgan fingerprint density at radius 3 is 2.63 bits per heavy atom. The molecule has 1 aromatic carbocycles. The molecule has 0 aliphatic heterocycles. The molecule has 7 nitrogen and oxygen atoms in total. The smallest absolute Gasteiger partial charge is 0.332 e. The number of urea groups is 2. The third-order valence-electron chi connectivity index (χ3n) is 2.93. The summed E-state index contributed by atoms with van der Waals surface area (Å²) in [5.74, 6) is 0. The van der Waals surface area contributed by atoms with Gasteiger partial charge >= 0.3 is 12.1 Å². The predicted molar refractivity (Wildman–Crippen MR) is 70.4 cm³/mol. The van der Waals surface area contributed by atoms with Crippen molar-refractivity contribution < 1.29 is 9.59 Å². The fourth-order valence-electron chi connectivity index (χ4n) is 2.20. The molecule has 0 aromatic heterocycles. The molecule has 1 atom stereocenters.